The molecule has 0 aliphatic carbocycles. The summed E-state index contributed by atoms with van der Waals surface area (Å²) in [5, 5.41) is 5.96. The van der Waals surface area contributed by atoms with Crippen molar-refractivity contribution in [3.05, 3.63) is 90.0 Å². The zero-order chi connectivity index (χ0) is 23.6. The van der Waals surface area contributed by atoms with E-state index in [1.54, 1.807) is 36.2 Å². The van der Waals surface area contributed by atoms with Crippen molar-refractivity contribution in [2.24, 2.45) is 0 Å². The minimum absolute atomic E-state index is 0.0961. The highest BCUT2D eigenvalue weighted by Gasteiger charge is 2.13. The van der Waals surface area contributed by atoms with Crippen LogP contribution in [-0.2, 0) is 11.3 Å². The van der Waals surface area contributed by atoms with Crippen molar-refractivity contribution in [2.45, 2.75) is 32.9 Å². The summed E-state index contributed by atoms with van der Waals surface area (Å²) in [6, 6.07) is 24.4. The van der Waals surface area contributed by atoms with Crippen LogP contribution in [0.3, 0.4) is 0 Å². The molecule has 3 aromatic carbocycles. The first kappa shape index (κ1) is 23.9. The molecular weight excluding hydrogens is 414 g/mol. The number of hydrogen-bond acceptors (Lipinski definition) is 4. The number of ether oxygens (including phenoxy) is 1. The second-order valence-electron chi connectivity index (χ2n) is 7.99. The van der Waals surface area contributed by atoms with Crippen LogP contribution < -0.4 is 15.4 Å². The Bertz CT molecular complexity index is 1070. The highest BCUT2D eigenvalue weighted by atomic mass is 16.5. The largest absolute Gasteiger partial charge is 0.491 e. The number of nitrogens with zero attached hydrogens (tertiary/aromatic N) is 1. The molecule has 0 aliphatic rings. The third kappa shape index (κ3) is 7.38. The molecule has 0 spiro atoms. The van der Waals surface area contributed by atoms with E-state index in [1.807, 2.05) is 61.5 Å². The average molecular weight is 446 g/mol. The van der Waals surface area contributed by atoms with Gasteiger partial charge in [-0.15, -0.1) is 0 Å². The summed E-state index contributed by atoms with van der Waals surface area (Å²) in [5.41, 5.74) is 2.96. The number of hydrogen-bond donors (Lipinski definition) is 2. The number of anilines is 2. The van der Waals surface area contributed by atoms with Crippen molar-refractivity contribution < 1.29 is 14.3 Å². The lowest BCUT2D eigenvalue weighted by molar-refractivity contribution is -0.114. The van der Waals surface area contributed by atoms with Gasteiger partial charge in [0.25, 0.3) is 5.91 Å². The fraction of sp³-hybridized carbons (Fsp3) is 0.259. The van der Waals surface area contributed by atoms with Gasteiger partial charge < -0.3 is 20.3 Å². The van der Waals surface area contributed by atoms with E-state index in [1.165, 1.54) is 0 Å². The monoisotopic (exact) mass is 445 g/mol. The van der Waals surface area contributed by atoms with Gasteiger partial charge in [-0.05, 0) is 49.2 Å². The van der Waals surface area contributed by atoms with Gasteiger partial charge in [-0.1, -0.05) is 49.4 Å². The van der Waals surface area contributed by atoms with Crippen molar-refractivity contribution >= 4 is 23.2 Å². The van der Waals surface area contributed by atoms with Gasteiger partial charge in [0.05, 0.1) is 12.6 Å². The lowest BCUT2D eigenvalue weighted by atomic mass is 10.1. The molecule has 172 valence electrons. The van der Waals surface area contributed by atoms with Crippen molar-refractivity contribution in [1.82, 2.24) is 4.90 Å². The molecule has 6 nitrogen and oxygen atoms in total. The van der Waals surface area contributed by atoms with E-state index < -0.39 is 0 Å². The van der Waals surface area contributed by atoms with Gasteiger partial charge in [0, 0.05) is 36.6 Å². The molecule has 0 aromatic heterocycles. The minimum atomic E-state index is -0.203. The summed E-state index contributed by atoms with van der Waals surface area (Å²) in [7, 11) is 1.77. The van der Waals surface area contributed by atoms with E-state index in [0.717, 1.165) is 23.4 Å². The summed E-state index contributed by atoms with van der Waals surface area (Å²) in [5.74, 6) is 0.456. The maximum Gasteiger partial charge on any atom is 0.253 e. The smallest absolute Gasteiger partial charge is 0.253 e. The molecule has 1 unspecified atom stereocenters. The number of amides is 2. The highest BCUT2D eigenvalue weighted by Crippen LogP contribution is 2.19. The van der Waals surface area contributed by atoms with Gasteiger partial charge in [-0.2, -0.15) is 0 Å². The van der Waals surface area contributed by atoms with E-state index in [2.05, 4.69) is 17.6 Å². The lowest BCUT2D eigenvalue weighted by Gasteiger charge is -2.18. The summed E-state index contributed by atoms with van der Waals surface area (Å²) >= 11 is 0. The predicted molar refractivity (Wildman–Crippen MR) is 133 cm³/mol. The standard InChI is InChI=1S/C27H31N3O3/c1-4-20(2)33-25-15-9-13-23(17-25)28-18-26(31)29-24-14-8-12-22(16-24)27(32)30(3)19-21-10-6-5-7-11-21/h5-17,20,28H,4,18-19H2,1-3H3,(H,29,31). The van der Waals surface area contributed by atoms with Crippen molar-refractivity contribution in [3.8, 4) is 5.75 Å². The molecule has 2 N–H and O–H groups in total. The molecule has 0 bridgehead atoms. The minimum Gasteiger partial charge on any atom is -0.491 e. The van der Waals surface area contributed by atoms with Crippen LogP contribution in [0.4, 0.5) is 11.4 Å². The number of rotatable bonds is 10. The van der Waals surface area contributed by atoms with Crippen molar-refractivity contribution in [2.75, 3.05) is 24.2 Å². The van der Waals surface area contributed by atoms with Gasteiger partial charge in [-0.3, -0.25) is 9.59 Å². The molecule has 3 rings (SSSR count). The van der Waals surface area contributed by atoms with Gasteiger partial charge in [-0.25, -0.2) is 0 Å². The zero-order valence-corrected chi connectivity index (χ0v) is 19.4. The van der Waals surface area contributed by atoms with Gasteiger partial charge >= 0.3 is 0 Å². The van der Waals surface area contributed by atoms with Crippen LogP contribution >= 0.6 is 0 Å². The first-order valence-electron chi connectivity index (χ1n) is 11.1. The third-order valence-electron chi connectivity index (χ3n) is 5.20. The fourth-order valence-corrected chi connectivity index (χ4v) is 3.26. The molecule has 2 amide bonds. The molecule has 1 atom stereocenters. The van der Waals surface area contributed by atoms with Gasteiger partial charge in [0.1, 0.15) is 5.75 Å². The Morgan fingerprint density at radius 2 is 1.67 bits per heavy atom. The van der Waals surface area contributed by atoms with Crippen LogP contribution in [0.1, 0.15) is 36.2 Å². The number of carbonyl (C=O) groups excluding carboxylic acids is 2. The molecule has 0 fully saturated rings. The molecular formula is C27H31N3O3. The molecule has 6 heteroatoms. The Labute approximate surface area is 195 Å². The van der Waals surface area contributed by atoms with E-state index >= 15 is 0 Å². The Balaban J connectivity index is 1.55. The third-order valence-corrected chi connectivity index (χ3v) is 5.20. The summed E-state index contributed by atoms with van der Waals surface area (Å²) in [6.07, 6.45) is 1.05. The van der Waals surface area contributed by atoms with Gasteiger partial charge in [0.15, 0.2) is 0 Å². The summed E-state index contributed by atoms with van der Waals surface area (Å²) in [6.45, 7) is 4.70. The fourth-order valence-electron chi connectivity index (χ4n) is 3.26. The number of carbonyl (C=O) groups is 2. The predicted octanol–water partition coefficient (Wildman–Crippen LogP) is 5.19. The van der Waals surface area contributed by atoms with Crippen molar-refractivity contribution in [1.29, 1.82) is 0 Å². The second-order valence-corrected chi connectivity index (χ2v) is 7.99. The zero-order valence-electron chi connectivity index (χ0n) is 19.4. The Kier molecular flexibility index (Phi) is 8.47. The number of benzene rings is 3. The normalized spacial score (nSPS) is 11.4. The van der Waals surface area contributed by atoms with E-state index in [4.69, 9.17) is 4.74 Å². The maximum absolute atomic E-state index is 12.8. The summed E-state index contributed by atoms with van der Waals surface area (Å²) < 4.78 is 5.82. The van der Waals surface area contributed by atoms with Crippen LogP contribution in [0.2, 0.25) is 0 Å². The average Bonchev–Trinajstić information content (AvgIpc) is 2.83. The molecule has 33 heavy (non-hydrogen) atoms. The quantitative estimate of drug-likeness (QED) is 0.451. The Hall–Kier alpha value is -3.80. The molecule has 0 radical (unpaired) electrons. The van der Waals surface area contributed by atoms with E-state index in [-0.39, 0.29) is 24.5 Å². The number of nitrogens with one attached hydrogen (secondary N) is 2. The Morgan fingerprint density at radius 3 is 2.42 bits per heavy atom. The van der Waals surface area contributed by atoms with Crippen LogP contribution in [-0.4, -0.2) is 36.4 Å². The van der Waals surface area contributed by atoms with E-state index in [0.29, 0.717) is 17.8 Å². The summed E-state index contributed by atoms with van der Waals surface area (Å²) in [4.78, 5) is 26.9. The van der Waals surface area contributed by atoms with Crippen LogP contribution in [0.25, 0.3) is 0 Å². The molecule has 3 aromatic rings. The van der Waals surface area contributed by atoms with Crippen LogP contribution in [0, 0.1) is 0 Å². The van der Waals surface area contributed by atoms with E-state index in [9.17, 15) is 9.59 Å². The lowest BCUT2D eigenvalue weighted by Crippen LogP contribution is -2.26. The molecule has 0 saturated heterocycles. The maximum atomic E-state index is 12.8. The van der Waals surface area contributed by atoms with Crippen molar-refractivity contribution in [3.63, 3.8) is 0 Å². The second kappa shape index (κ2) is 11.7. The van der Waals surface area contributed by atoms with Gasteiger partial charge in [0.2, 0.25) is 5.91 Å². The van der Waals surface area contributed by atoms with Crippen LogP contribution in [0.15, 0.2) is 78.9 Å². The first-order chi connectivity index (χ1) is 15.9. The van der Waals surface area contributed by atoms with Crippen LogP contribution in [0.5, 0.6) is 5.75 Å². The molecule has 0 heterocycles. The molecule has 0 aliphatic heterocycles. The molecule has 0 saturated carbocycles. The highest BCUT2D eigenvalue weighted by molar-refractivity contribution is 5.98. The SMILES string of the molecule is CCC(C)Oc1cccc(NCC(=O)Nc2cccc(C(=O)N(C)Cc3ccccc3)c2)c1. The first-order valence-corrected chi connectivity index (χ1v) is 11.1. The topological polar surface area (TPSA) is 70.7 Å². The Morgan fingerprint density at radius 1 is 0.939 bits per heavy atom.